The van der Waals surface area contributed by atoms with Crippen LogP contribution in [0.15, 0.2) is 12.2 Å². The number of carbonyl (C=O) groups is 1. The van der Waals surface area contributed by atoms with Gasteiger partial charge in [0.1, 0.15) is 73.2 Å². The molecule has 90 heavy (non-hydrogen) atoms. The first kappa shape index (κ1) is 82.8. The lowest BCUT2D eigenvalue weighted by molar-refractivity contribution is -0.379. The van der Waals surface area contributed by atoms with Crippen LogP contribution in [0.1, 0.15) is 303 Å². The van der Waals surface area contributed by atoms with E-state index in [9.17, 15) is 61.0 Å². The third-order valence-electron chi connectivity index (χ3n) is 18.8. The first-order valence-electron chi connectivity index (χ1n) is 36.9. The fraction of sp³-hybridized carbons (Fsp3) is 0.958. The van der Waals surface area contributed by atoms with Crippen LogP contribution in [0.4, 0.5) is 0 Å². The fourth-order valence-electron chi connectivity index (χ4n) is 12.8. The maximum Gasteiger partial charge on any atom is 0.220 e. The zero-order valence-corrected chi connectivity index (χ0v) is 56.4. The van der Waals surface area contributed by atoms with Gasteiger partial charge in [0.2, 0.25) is 5.91 Å². The summed E-state index contributed by atoms with van der Waals surface area (Å²) < 4.78 is 34.5. The fourth-order valence-corrected chi connectivity index (χ4v) is 12.8. The Morgan fingerprint density at radius 2 is 0.700 bits per heavy atom. The van der Waals surface area contributed by atoms with E-state index in [1.54, 1.807) is 0 Å². The number of amides is 1. The van der Waals surface area contributed by atoms with Gasteiger partial charge in [-0.05, 0) is 38.5 Å². The maximum absolute atomic E-state index is 13.5. The summed E-state index contributed by atoms with van der Waals surface area (Å²) in [6.45, 7) is 1.85. The molecule has 0 aliphatic carbocycles. The predicted molar refractivity (Wildman–Crippen MR) is 351 cm³/mol. The second-order valence-corrected chi connectivity index (χ2v) is 26.8. The van der Waals surface area contributed by atoms with E-state index in [2.05, 4.69) is 31.3 Å². The minimum absolute atomic E-state index is 0.238. The Hall–Kier alpha value is -1.47. The van der Waals surface area contributed by atoms with Crippen molar-refractivity contribution in [2.75, 3.05) is 26.4 Å². The Bertz CT molecular complexity index is 1680. The van der Waals surface area contributed by atoms with Crippen LogP contribution in [0.5, 0.6) is 0 Å². The first-order chi connectivity index (χ1) is 43.8. The van der Waals surface area contributed by atoms with E-state index in [1.165, 1.54) is 225 Å². The Morgan fingerprint density at radius 1 is 0.389 bits per heavy atom. The highest BCUT2D eigenvalue weighted by molar-refractivity contribution is 5.76. The Kier molecular flexibility index (Phi) is 49.3. The summed E-state index contributed by atoms with van der Waals surface area (Å²) in [5, 5.41) is 121. The Morgan fingerprint density at radius 3 is 1.08 bits per heavy atom. The van der Waals surface area contributed by atoms with Gasteiger partial charge in [0.15, 0.2) is 18.9 Å². The molecule has 532 valence electrons. The average Bonchev–Trinajstić information content (AvgIpc) is 0.865. The maximum atomic E-state index is 13.5. The molecule has 0 aromatic rings. The second kappa shape index (κ2) is 53.6. The van der Waals surface area contributed by atoms with Gasteiger partial charge in [-0.15, -0.1) is 0 Å². The van der Waals surface area contributed by atoms with Crippen molar-refractivity contribution in [2.24, 2.45) is 0 Å². The van der Waals surface area contributed by atoms with Crippen LogP contribution in [-0.2, 0) is 33.2 Å². The van der Waals surface area contributed by atoms with E-state index in [0.717, 1.165) is 44.9 Å². The molecular weight excluding hydrogens is 1150 g/mol. The van der Waals surface area contributed by atoms with Crippen molar-refractivity contribution in [3.05, 3.63) is 12.2 Å². The zero-order valence-electron chi connectivity index (χ0n) is 56.4. The van der Waals surface area contributed by atoms with Gasteiger partial charge in [0.05, 0.1) is 38.6 Å². The highest BCUT2D eigenvalue weighted by atomic mass is 16.8. The van der Waals surface area contributed by atoms with Crippen LogP contribution in [0.3, 0.4) is 0 Å². The lowest BCUT2D eigenvalue weighted by atomic mass is 9.96. The van der Waals surface area contributed by atoms with Gasteiger partial charge < -0.3 is 89.9 Å². The van der Waals surface area contributed by atoms with E-state index in [-0.39, 0.29) is 18.9 Å². The average molecular weight is 1290 g/mol. The van der Waals surface area contributed by atoms with Gasteiger partial charge >= 0.3 is 0 Å². The number of hydrogen-bond donors (Lipinski definition) is 12. The molecule has 0 aromatic heterocycles. The number of unbranched alkanes of at least 4 members (excludes halogenated alkanes) is 40. The molecule has 0 saturated carbocycles. The summed E-state index contributed by atoms with van der Waals surface area (Å²) in [5.74, 6) is -0.238. The van der Waals surface area contributed by atoms with E-state index in [0.29, 0.717) is 12.8 Å². The third-order valence-corrected chi connectivity index (χ3v) is 18.8. The highest BCUT2D eigenvalue weighted by Crippen LogP contribution is 2.33. The van der Waals surface area contributed by atoms with E-state index >= 15 is 0 Å². The van der Waals surface area contributed by atoms with Gasteiger partial charge in [0.25, 0.3) is 0 Å². The van der Waals surface area contributed by atoms with Crippen molar-refractivity contribution < 1.29 is 89.4 Å². The molecule has 3 rings (SSSR count). The number of ether oxygens (including phenoxy) is 6. The molecule has 19 heteroatoms. The lowest BCUT2D eigenvalue weighted by Crippen LogP contribution is -2.66. The lowest BCUT2D eigenvalue weighted by Gasteiger charge is -2.48. The van der Waals surface area contributed by atoms with E-state index < -0.39 is 124 Å². The molecule has 12 N–H and O–H groups in total. The summed E-state index contributed by atoms with van der Waals surface area (Å²) >= 11 is 0. The number of hydrogen-bond acceptors (Lipinski definition) is 18. The molecule has 3 aliphatic heterocycles. The monoisotopic (exact) mass is 1290 g/mol. The highest BCUT2D eigenvalue weighted by Gasteiger charge is 2.53. The van der Waals surface area contributed by atoms with Crippen molar-refractivity contribution in [2.45, 2.75) is 407 Å². The van der Waals surface area contributed by atoms with Crippen molar-refractivity contribution in [3.63, 3.8) is 0 Å². The number of allylic oxidation sites excluding steroid dienone is 2. The molecule has 19 nitrogen and oxygen atoms in total. The van der Waals surface area contributed by atoms with Gasteiger partial charge in [-0.25, -0.2) is 0 Å². The van der Waals surface area contributed by atoms with Crippen LogP contribution in [0.25, 0.3) is 0 Å². The second-order valence-electron chi connectivity index (χ2n) is 26.8. The quantitative estimate of drug-likeness (QED) is 0.0199. The number of rotatable bonds is 58. The topological polar surface area (TPSA) is 307 Å². The van der Waals surface area contributed by atoms with Gasteiger partial charge in [-0.2, -0.15) is 0 Å². The molecule has 17 atom stereocenters. The predicted octanol–water partition coefficient (Wildman–Crippen LogP) is 10.4. The molecule has 0 bridgehead atoms. The van der Waals surface area contributed by atoms with E-state index in [4.69, 9.17) is 28.4 Å². The van der Waals surface area contributed by atoms with Gasteiger partial charge in [-0.3, -0.25) is 4.79 Å². The standard InChI is InChI=1S/C71H135NO18/c1-3-5-7-9-11-13-15-17-19-21-23-25-27-29-31-33-35-37-39-41-43-45-47-49-59(77)72-54(55(76)48-46-44-42-40-38-36-34-32-30-28-26-24-22-20-18-16-14-12-10-8-6-4-2)53-85-69-65(83)62(80)67(57(51-74)87-69)90-71-66(84)63(81)68(58(52-75)88-71)89-70-64(82)61(79)60(78)56(50-73)86-70/h21,23,54-58,60-71,73-76,78-84H,3-20,22,24-53H2,1-2H3,(H,72,77)/b23-21-. The van der Waals surface area contributed by atoms with Gasteiger partial charge in [-0.1, -0.05) is 270 Å². The Balaban J connectivity index is 1.41. The van der Waals surface area contributed by atoms with E-state index in [1.807, 2.05) is 0 Å². The molecule has 3 fully saturated rings. The van der Waals surface area contributed by atoms with Crippen molar-refractivity contribution >= 4 is 5.91 Å². The third kappa shape index (κ3) is 35.0. The summed E-state index contributed by atoms with van der Waals surface area (Å²) in [5.41, 5.74) is 0. The number of nitrogens with one attached hydrogen (secondary N) is 1. The van der Waals surface area contributed by atoms with Gasteiger partial charge in [0, 0.05) is 6.42 Å². The Labute approximate surface area is 544 Å². The smallest absolute Gasteiger partial charge is 0.220 e. The molecule has 0 radical (unpaired) electrons. The molecule has 17 unspecified atom stereocenters. The van der Waals surface area contributed by atoms with Crippen LogP contribution >= 0.6 is 0 Å². The first-order valence-corrected chi connectivity index (χ1v) is 36.9. The molecule has 3 heterocycles. The number of aliphatic hydroxyl groups is 11. The van der Waals surface area contributed by atoms with Crippen LogP contribution in [-0.4, -0.2) is 193 Å². The zero-order chi connectivity index (χ0) is 65.4. The molecule has 0 spiro atoms. The summed E-state index contributed by atoms with van der Waals surface area (Å²) in [6, 6.07) is -0.885. The number of aliphatic hydroxyl groups excluding tert-OH is 11. The minimum Gasteiger partial charge on any atom is -0.394 e. The summed E-state index contributed by atoms with van der Waals surface area (Å²) in [6.07, 6.45) is 32.8. The van der Waals surface area contributed by atoms with Crippen LogP contribution in [0.2, 0.25) is 0 Å². The van der Waals surface area contributed by atoms with Crippen molar-refractivity contribution in [1.82, 2.24) is 5.32 Å². The van der Waals surface area contributed by atoms with Crippen molar-refractivity contribution in [1.29, 1.82) is 0 Å². The molecule has 3 saturated heterocycles. The van der Waals surface area contributed by atoms with Crippen LogP contribution in [0, 0.1) is 0 Å². The normalized spacial score (nSPS) is 28.0. The molecule has 1 amide bonds. The minimum atomic E-state index is -1.97. The summed E-state index contributed by atoms with van der Waals surface area (Å²) in [4.78, 5) is 13.5. The SMILES string of the molecule is CCCCCCCCCC/C=C\CCCCCCCCCCCCCC(=O)NC(COC1OC(CO)C(OC2OC(CO)C(OC3OC(CO)C(O)C(O)C3O)C(O)C2O)C(O)C1O)C(O)CCCCCCCCCCCCCCCCCCCCCCCC. The van der Waals surface area contributed by atoms with Crippen molar-refractivity contribution in [3.8, 4) is 0 Å². The molecule has 3 aliphatic rings. The molecular formula is C71H135NO18. The summed E-state index contributed by atoms with van der Waals surface area (Å²) in [7, 11) is 0. The number of carbonyl (C=O) groups excluding carboxylic acids is 1. The molecule has 0 aromatic carbocycles. The largest absolute Gasteiger partial charge is 0.394 e. The van der Waals surface area contributed by atoms with Crippen LogP contribution < -0.4 is 5.32 Å².